The van der Waals surface area contributed by atoms with Crippen molar-refractivity contribution in [1.82, 2.24) is 14.9 Å². The third-order valence-corrected chi connectivity index (χ3v) is 3.80. The zero-order valence-electron chi connectivity index (χ0n) is 12.3. The van der Waals surface area contributed by atoms with Gasteiger partial charge < -0.3 is 9.88 Å². The van der Waals surface area contributed by atoms with E-state index >= 15 is 0 Å². The summed E-state index contributed by atoms with van der Waals surface area (Å²) in [7, 11) is 0. The summed E-state index contributed by atoms with van der Waals surface area (Å²) >= 11 is 5.67. The van der Waals surface area contributed by atoms with Gasteiger partial charge in [-0.3, -0.25) is 4.79 Å². The van der Waals surface area contributed by atoms with Crippen molar-refractivity contribution in [3.63, 3.8) is 0 Å². The second kappa shape index (κ2) is 6.79. The lowest BCUT2D eigenvalue weighted by molar-refractivity contribution is 0.0949. The van der Waals surface area contributed by atoms with Gasteiger partial charge in [0.2, 0.25) is 0 Å². The number of benzene rings is 2. The molecule has 0 spiro atoms. The molecule has 118 valence electrons. The molecule has 0 aliphatic rings. The van der Waals surface area contributed by atoms with Crippen LogP contribution in [-0.4, -0.2) is 22.0 Å². The molecule has 23 heavy (non-hydrogen) atoms. The first-order valence-electron chi connectivity index (χ1n) is 7.28. The van der Waals surface area contributed by atoms with Crippen LogP contribution in [0.4, 0.5) is 4.39 Å². The number of hydrogen-bond donors (Lipinski definition) is 1. The van der Waals surface area contributed by atoms with Gasteiger partial charge in [-0.2, -0.15) is 0 Å². The molecule has 0 unspecified atom stereocenters. The molecule has 2 aromatic carbocycles. The van der Waals surface area contributed by atoms with Gasteiger partial charge in [-0.15, -0.1) is 0 Å². The lowest BCUT2D eigenvalue weighted by Gasteiger charge is -2.07. The van der Waals surface area contributed by atoms with E-state index < -0.39 is 11.7 Å². The molecule has 0 aliphatic carbocycles. The van der Waals surface area contributed by atoms with Crippen molar-refractivity contribution in [2.75, 3.05) is 6.54 Å². The highest BCUT2D eigenvalue weighted by atomic mass is 35.5. The number of imidazole rings is 1. The molecule has 0 atom stereocenters. The number of amides is 1. The maximum Gasteiger partial charge on any atom is 0.254 e. The van der Waals surface area contributed by atoms with Crippen LogP contribution in [0.3, 0.4) is 0 Å². The van der Waals surface area contributed by atoms with E-state index in [-0.39, 0.29) is 10.6 Å². The van der Waals surface area contributed by atoms with Crippen LogP contribution in [0.2, 0.25) is 5.02 Å². The van der Waals surface area contributed by atoms with Crippen LogP contribution < -0.4 is 5.32 Å². The van der Waals surface area contributed by atoms with Gasteiger partial charge in [0.25, 0.3) is 5.91 Å². The molecule has 6 heteroatoms. The summed E-state index contributed by atoms with van der Waals surface area (Å²) in [5.41, 5.74) is 2.00. The number of halogens is 2. The lowest BCUT2D eigenvalue weighted by Crippen LogP contribution is -2.26. The van der Waals surface area contributed by atoms with Crippen molar-refractivity contribution < 1.29 is 9.18 Å². The smallest absolute Gasteiger partial charge is 0.254 e. The molecule has 1 heterocycles. The molecule has 0 radical (unpaired) electrons. The van der Waals surface area contributed by atoms with Gasteiger partial charge in [0, 0.05) is 18.1 Å². The molecule has 3 rings (SSSR count). The molecular formula is C17H15ClFN3O. The Labute approximate surface area is 137 Å². The first-order chi connectivity index (χ1) is 11.1. The van der Waals surface area contributed by atoms with Crippen molar-refractivity contribution in [2.24, 2.45) is 0 Å². The summed E-state index contributed by atoms with van der Waals surface area (Å²) in [6.45, 7) is 1.18. The molecule has 0 aliphatic heterocycles. The summed E-state index contributed by atoms with van der Waals surface area (Å²) in [6.07, 6.45) is 2.51. The zero-order chi connectivity index (χ0) is 16.2. The van der Waals surface area contributed by atoms with Gasteiger partial charge in [-0.1, -0.05) is 23.7 Å². The molecule has 1 N–H and O–H groups in total. The van der Waals surface area contributed by atoms with Gasteiger partial charge in [0.05, 0.1) is 22.9 Å². The second-order valence-corrected chi connectivity index (χ2v) is 5.60. The topological polar surface area (TPSA) is 46.9 Å². The van der Waals surface area contributed by atoms with Crippen molar-refractivity contribution in [3.8, 4) is 0 Å². The Morgan fingerprint density at radius 2 is 2.09 bits per heavy atom. The first kappa shape index (κ1) is 15.5. The average Bonchev–Trinajstić information content (AvgIpc) is 2.94. The third kappa shape index (κ3) is 3.51. The highest BCUT2D eigenvalue weighted by Gasteiger charge is 2.11. The number of fused-ring (bicyclic) bond motifs is 1. The number of nitrogens with zero attached hydrogens (tertiary/aromatic N) is 2. The van der Waals surface area contributed by atoms with E-state index in [1.165, 1.54) is 12.1 Å². The van der Waals surface area contributed by atoms with Crippen LogP contribution in [0.15, 0.2) is 48.8 Å². The average molecular weight is 332 g/mol. The van der Waals surface area contributed by atoms with Gasteiger partial charge in [0.15, 0.2) is 0 Å². The molecule has 0 saturated heterocycles. The fraction of sp³-hybridized carbons (Fsp3) is 0.176. The fourth-order valence-electron chi connectivity index (χ4n) is 2.41. The van der Waals surface area contributed by atoms with Gasteiger partial charge in [0.1, 0.15) is 5.82 Å². The number of aromatic nitrogens is 2. The number of aryl methyl sites for hydroxylation is 1. The van der Waals surface area contributed by atoms with E-state index in [0.717, 1.165) is 30.1 Å². The van der Waals surface area contributed by atoms with E-state index in [1.807, 2.05) is 28.8 Å². The van der Waals surface area contributed by atoms with Crippen molar-refractivity contribution in [3.05, 3.63) is 65.2 Å². The summed E-state index contributed by atoms with van der Waals surface area (Å²) < 4.78 is 15.7. The number of carbonyl (C=O) groups excluding carboxylic acids is 1. The Bertz CT molecular complexity index is 847. The summed E-state index contributed by atoms with van der Waals surface area (Å²) in [5.74, 6) is -1.05. The normalized spacial score (nSPS) is 10.9. The fourth-order valence-corrected chi connectivity index (χ4v) is 2.57. The number of carbonyl (C=O) groups is 1. The predicted molar refractivity (Wildman–Crippen MR) is 88.1 cm³/mol. The summed E-state index contributed by atoms with van der Waals surface area (Å²) in [6, 6.07) is 11.9. The predicted octanol–water partition coefficient (Wildman–Crippen LogP) is 3.65. The van der Waals surface area contributed by atoms with Crippen molar-refractivity contribution in [2.45, 2.75) is 13.0 Å². The first-order valence-corrected chi connectivity index (χ1v) is 7.66. The SMILES string of the molecule is O=C(NCCCn1cnc2ccccc21)c1ccc(Cl)cc1F. The Hall–Kier alpha value is -2.40. The Kier molecular flexibility index (Phi) is 4.57. The van der Waals surface area contributed by atoms with Crippen LogP contribution in [0.25, 0.3) is 11.0 Å². The van der Waals surface area contributed by atoms with Crippen LogP contribution in [-0.2, 0) is 6.54 Å². The van der Waals surface area contributed by atoms with Gasteiger partial charge in [-0.05, 0) is 36.8 Å². The van der Waals surface area contributed by atoms with Gasteiger partial charge in [-0.25, -0.2) is 9.37 Å². The Morgan fingerprint density at radius 3 is 2.91 bits per heavy atom. The minimum atomic E-state index is -0.615. The van der Waals surface area contributed by atoms with Crippen molar-refractivity contribution in [1.29, 1.82) is 0 Å². The largest absolute Gasteiger partial charge is 0.352 e. The summed E-state index contributed by atoms with van der Waals surface area (Å²) in [5, 5.41) is 2.98. The monoisotopic (exact) mass is 331 g/mol. The molecule has 0 bridgehead atoms. The second-order valence-electron chi connectivity index (χ2n) is 5.16. The maximum atomic E-state index is 13.7. The molecule has 0 fully saturated rings. The van der Waals surface area contributed by atoms with Crippen molar-refractivity contribution >= 4 is 28.5 Å². The van der Waals surface area contributed by atoms with E-state index in [2.05, 4.69) is 10.3 Å². The third-order valence-electron chi connectivity index (χ3n) is 3.56. The van der Waals surface area contributed by atoms with E-state index in [0.29, 0.717) is 6.54 Å². The summed E-state index contributed by atoms with van der Waals surface area (Å²) in [4.78, 5) is 16.3. The van der Waals surface area contributed by atoms with Crippen LogP contribution >= 0.6 is 11.6 Å². The zero-order valence-corrected chi connectivity index (χ0v) is 13.1. The molecule has 0 saturated carbocycles. The molecule has 3 aromatic rings. The highest BCUT2D eigenvalue weighted by Crippen LogP contribution is 2.15. The molecule has 4 nitrogen and oxygen atoms in total. The van der Waals surface area contributed by atoms with E-state index in [9.17, 15) is 9.18 Å². The minimum Gasteiger partial charge on any atom is -0.352 e. The Morgan fingerprint density at radius 1 is 1.26 bits per heavy atom. The quantitative estimate of drug-likeness (QED) is 0.725. The molecule has 1 aromatic heterocycles. The lowest BCUT2D eigenvalue weighted by atomic mass is 10.2. The Balaban J connectivity index is 1.54. The van der Waals surface area contributed by atoms with Crippen LogP contribution in [0.5, 0.6) is 0 Å². The number of rotatable bonds is 5. The number of hydrogen-bond acceptors (Lipinski definition) is 2. The standard InChI is InChI=1S/C17H15ClFN3O/c18-12-6-7-13(14(19)10-12)17(23)20-8-3-9-22-11-21-15-4-1-2-5-16(15)22/h1-2,4-7,10-11H,3,8-9H2,(H,20,23). The minimum absolute atomic E-state index is 0.00230. The molecule has 1 amide bonds. The van der Waals surface area contributed by atoms with Crippen LogP contribution in [0, 0.1) is 5.82 Å². The van der Waals surface area contributed by atoms with E-state index in [1.54, 1.807) is 6.33 Å². The van der Waals surface area contributed by atoms with E-state index in [4.69, 9.17) is 11.6 Å². The molecular weight excluding hydrogens is 317 g/mol. The number of para-hydroxylation sites is 2. The number of nitrogens with one attached hydrogen (secondary N) is 1. The highest BCUT2D eigenvalue weighted by molar-refractivity contribution is 6.30. The van der Waals surface area contributed by atoms with Crippen LogP contribution in [0.1, 0.15) is 16.8 Å². The maximum absolute atomic E-state index is 13.7. The van der Waals surface area contributed by atoms with Gasteiger partial charge >= 0.3 is 0 Å².